The second kappa shape index (κ2) is 10.2. The fraction of sp³-hybridized carbons (Fsp3) is 0.172. The quantitative estimate of drug-likeness (QED) is 0.205. The van der Waals surface area contributed by atoms with E-state index >= 15 is 0 Å². The molecule has 0 saturated heterocycles. The number of aromatic nitrogens is 2. The number of nitrogens with one attached hydrogen (secondary N) is 3. The normalized spacial score (nSPS) is 12.8. The van der Waals surface area contributed by atoms with Gasteiger partial charge in [-0.2, -0.15) is 0 Å². The van der Waals surface area contributed by atoms with Crippen LogP contribution in [0.2, 0.25) is 0 Å². The van der Waals surface area contributed by atoms with Crippen molar-refractivity contribution in [3.8, 4) is 11.1 Å². The highest BCUT2D eigenvalue weighted by molar-refractivity contribution is 7.20. The smallest absolute Gasteiger partial charge is 0.284 e. The summed E-state index contributed by atoms with van der Waals surface area (Å²) in [6.07, 6.45) is 0.841. The Morgan fingerprint density at radius 1 is 0.872 bits per heavy atom. The Bertz CT molecular complexity index is 1730. The molecule has 2 amide bonds. The van der Waals surface area contributed by atoms with Gasteiger partial charge in [-0.05, 0) is 66.4 Å². The van der Waals surface area contributed by atoms with Crippen molar-refractivity contribution in [3.63, 3.8) is 0 Å². The summed E-state index contributed by atoms with van der Waals surface area (Å²) in [4.78, 5) is 36.3. The second-order valence-corrected chi connectivity index (χ2v) is 11.5. The Kier molecular flexibility index (Phi) is 6.59. The number of fused-ring (bicyclic) bond motifs is 2. The van der Waals surface area contributed by atoms with Crippen LogP contribution in [-0.2, 0) is 13.0 Å². The van der Waals surface area contributed by atoms with Crippen LogP contribution < -0.4 is 21.7 Å². The van der Waals surface area contributed by atoms with Gasteiger partial charge in [-0.25, -0.2) is 9.97 Å². The van der Waals surface area contributed by atoms with Crippen molar-refractivity contribution in [2.24, 2.45) is 0 Å². The lowest BCUT2D eigenvalue weighted by atomic mass is 9.94. The van der Waals surface area contributed by atoms with Gasteiger partial charge in [0.1, 0.15) is 0 Å². The Labute approximate surface area is 233 Å². The highest BCUT2D eigenvalue weighted by atomic mass is 32.1. The highest BCUT2D eigenvalue weighted by Crippen LogP contribution is 2.35. The maximum Gasteiger partial charge on any atom is 0.284 e. The third-order valence-electron chi connectivity index (χ3n) is 6.86. The van der Waals surface area contributed by atoms with E-state index in [1.807, 2.05) is 62.4 Å². The average Bonchev–Trinajstić information content (AvgIpc) is 3.55. The first-order valence-corrected chi connectivity index (χ1v) is 14.2. The molecular formula is C29H26N6O2S2. The van der Waals surface area contributed by atoms with Crippen LogP contribution in [-0.4, -0.2) is 28.3 Å². The first-order valence-electron chi connectivity index (χ1n) is 12.5. The number of hydrogen-bond donors (Lipinski definition) is 4. The largest absolute Gasteiger partial charge is 0.399 e. The van der Waals surface area contributed by atoms with E-state index in [9.17, 15) is 9.59 Å². The SMILES string of the molecule is Cc1c(NC(=O)c2nc3c(s2)CNCC3)cccc1-c1cccc(NC(=O)c2nc3ccc(N)cc3s2)c1C. The molecule has 5 aromatic rings. The summed E-state index contributed by atoms with van der Waals surface area (Å²) >= 11 is 2.75. The minimum atomic E-state index is -0.269. The summed E-state index contributed by atoms with van der Waals surface area (Å²) in [5.74, 6) is -0.473. The van der Waals surface area contributed by atoms with Crippen LogP contribution in [0, 0.1) is 13.8 Å². The lowest BCUT2D eigenvalue weighted by Gasteiger charge is -2.16. The predicted octanol–water partition coefficient (Wildman–Crippen LogP) is 5.77. The van der Waals surface area contributed by atoms with Crippen LogP contribution in [0.15, 0.2) is 54.6 Å². The molecule has 0 bridgehead atoms. The van der Waals surface area contributed by atoms with Gasteiger partial charge in [0.15, 0.2) is 10.0 Å². The third kappa shape index (κ3) is 4.89. The van der Waals surface area contributed by atoms with Gasteiger partial charge in [0.05, 0.1) is 15.9 Å². The van der Waals surface area contributed by atoms with Crippen molar-refractivity contribution in [2.75, 3.05) is 22.9 Å². The molecule has 0 atom stereocenters. The minimum Gasteiger partial charge on any atom is -0.399 e. The molecule has 3 aromatic carbocycles. The van der Waals surface area contributed by atoms with Crippen LogP contribution in [0.25, 0.3) is 21.3 Å². The monoisotopic (exact) mass is 554 g/mol. The van der Waals surface area contributed by atoms with Gasteiger partial charge >= 0.3 is 0 Å². The van der Waals surface area contributed by atoms with E-state index in [1.165, 1.54) is 22.7 Å². The highest BCUT2D eigenvalue weighted by Gasteiger charge is 2.21. The zero-order valence-electron chi connectivity index (χ0n) is 21.4. The van der Waals surface area contributed by atoms with Gasteiger partial charge in [0.25, 0.3) is 11.8 Å². The Morgan fingerprint density at radius 3 is 2.15 bits per heavy atom. The first-order chi connectivity index (χ1) is 18.9. The van der Waals surface area contributed by atoms with E-state index in [1.54, 1.807) is 6.07 Å². The zero-order chi connectivity index (χ0) is 27.1. The number of nitrogens with two attached hydrogens (primary N) is 1. The maximum atomic E-state index is 13.1. The average molecular weight is 555 g/mol. The Balaban J connectivity index is 1.25. The van der Waals surface area contributed by atoms with Crippen molar-refractivity contribution in [2.45, 2.75) is 26.8 Å². The summed E-state index contributed by atoms with van der Waals surface area (Å²) in [6.45, 7) is 5.60. The van der Waals surface area contributed by atoms with Crippen LogP contribution >= 0.6 is 22.7 Å². The predicted molar refractivity (Wildman–Crippen MR) is 159 cm³/mol. The molecule has 6 rings (SSSR count). The van der Waals surface area contributed by atoms with E-state index in [0.29, 0.717) is 21.4 Å². The summed E-state index contributed by atoms with van der Waals surface area (Å²) in [5.41, 5.74) is 13.5. The number of thiazole rings is 2. The molecule has 2 aromatic heterocycles. The molecule has 1 aliphatic rings. The molecule has 10 heteroatoms. The number of nitrogens with zero attached hydrogens (tertiary/aromatic N) is 2. The fourth-order valence-electron chi connectivity index (χ4n) is 4.74. The van der Waals surface area contributed by atoms with Crippen LogP contribution in [0.5, 0.6) is 0 Å². The van der Waals surface area contributed by atoms with E-state index in [4.69, 9.17) is 5.73 Å². The van der Waals surface area contributed by atoms with Gasteiger partial charge in [-0.3, -0.25) is 9.59 Å². The molecule has 0 spiro atoms. The third-order valence-corrected chi connectivity index (χ3v) is 8.97. The number of rotatable bonds is 5. The molecule has 8 nitrogen and oxygen atoms in total. The van der Waals surface area contributed by atoms with Crippen molar-refractivity contribution >= 4 is 61.8 Å². The lowest BCUT2D eigenvalue weighted by molar-refractivity contribution is 0.101. The Hall–Kier alpha value is -4.12. The van der Waals surface area contributed by atoms with Crippen molar-refractivity contribution in [1.29, 1.82) is 0 Å². The van der Waals surface area contributed by atoms with E-state index in [0.717, 1.165) is 68.2 Å². The van der Waals surface area contributed by atoms with Crippen LogP contribution in [0.4, 0.5) is 17.1 Å². The number of carbonyl (C=O) groups excluding carboxylic acids is 2. The molecule has 0 saturated carbocycles. The minimum absolute atomic E-state index is 0.204. The molecular weight excluding hydrogens is 528 g/mol. The number of anilines is 3. The van der Waals surface area contributed by atoms with Gasteiger partial charge in [-0.15, -0.1) is 22.7 Å². The molecule has 39 heavy (non-hydrogen) atoms. The second-order valence-electron chi connectivity index (χ2n) is 9.43. The molecule has 0 aliphatic carbocycles. The number of nitrogen functional groups attached to an aromatic ring is 1. The van der Waals surface area contributed by atoms with Crippen molar-refractivity contribution < 1.29 is 9.59 Å². The van der Waals surface area contributed by atoms with Crippen LogP contribution in [0.3, 0.4) is 0 Å². The molecule has 0 unspecified atom stereocenters. The fourth-order valence-corrected chi connectivity index (χ4v) is 6.62. The summed E-state index contributed by atoms with van der Waals surface area (Å²) in [5, 5.41) is 10.2. The number of carbonyl (C=O) groups is 2. The molecule has 3 heterocycles. The molecule has 1 aliphatic heterocycles. The van der Waals surface area contributed by atoms with Crippen molar-refractivity contribution in [3.05, 3.63) is 86.3 Å². The zero-order valence-corrected chi connectivity index (χ0v) is 23.1. The topological polar surface area (TPSA) is 122 Å². The summed E-state index contributed by atoms with van der Waals surface area (Å²) in [6, 6.07) is 17.1. The molecule has 196 valence electrons. The van der Waals surface area contributed by atoms with Crippen LogP contribution in [0.1, 0.15) is 41.3 Å². The van der Waals surface area contributed by atoms with Gasteiger partial charge in [-0.1, -0.05) is 24.3 Å². The standard InChI is InChI=1S/C29H26N6O2S2/c1-15-18(5-3-7-20(15)32-26(36)28-34-22-10-9-17(30)13-24(22)38-28)19-6-4-8-21(16(19)2)33-27(37)29-35-23-11-12-31-14-25(23)39-29/h3-10,13,31H,11-12,14,30H2,1-2H3,(H,32,36)(H,33,37). The Morgan fingerprint density at radius 2 is 1.51 bits per heavy atom. The molecule has 0 fully saturated rings. The van der Waals surface area contributed by atoms with Gasteiger partial charge in [0.2, 0.25) is 0 Å². The van der Waals surface area contributed by atoms with E-state index in [2.05, 4.69) is 25.9 Å². The van der Waals surface area contributed by atoms with Gasteiger partial charge in [0, 0.05) is 41.4 Å². The number of amides is 2. The first kappa shape index (κ1) is 25.2. The molecule has 5 N–H and O–H groups in total. The van der Waals surface area contributed by atoms with Crippen molar-refractivity contribution in [1.82, 2.24) is 15.3 Å². The van der Waals surface area contributed by atoms with E-state index in [-0.39, 0.29) is 11.8 Å². The number of hydrogen-bond acceptors (Lipinski definition) is 8. The summed E-state index contributed by atoms with van der Waals surface area (Å²) in [7, 11) is 0. The number of benzene rings is 3. The summed E-state index contributed by atoms with van der Waals surface area (Å²) < 4.78 is 0.870. The van der Waals surface area contributed by atoms with E-state index < -0.39 is 0 Å². The maximum absolute atomic E-state index is 13.1. The van der Waals surface area contributed by atoms with Gasteiger partial charge < -0.3 is 21.7 Å². The lowest BCUT2D eigenvalue weighted by Crippen LogP contribution is -2.22. The molecule has 0 radical (unpaired) electrons.